The molecule has 0 saturated heterocycles. The molecule has 4 N–H and O–H groups in total. The van der Waals surface area contributed by atoms with E-state index in [4.69, 9.17) is 9.47 Å². The normalized spacial score (nSPS) is 21.9. The zero-order valence-electron chi connectivity index (χ0n) is 28.9. The maximum Gasteiger partial charge on any atom is 0.407 e. The minimum Gasteiger partial charge on any atom is -0.462 e. The number of fused-ring (bicyclic) bond motifs is 3. The first-order chi connectivity index (χ1) is 24.8. The molecule has 3 amide bonds. The molecule has 1 fully saturated rings. The molecule has 0 radical (unpaired) electrons. The van der Waals surface area contributed by atoms with Crippen LogP contribution in [0.25, 0.3) is 11.1 Å². The number of ether oxygens (including phenoxy) is 2. The Morgan fingerprint density at radius 3 is 2.25 bits per heavy atom. The summed E-state index contributed by atoms with van der Waals surface area (Å²) < 4.78 is 11.5. The molecule has 0 spiro atoms. The zero-order valence-corrected chi connectivity index (χ0v) is 28.9. The van der Waals surface area contributed by atoms with E-state index >= 15 is 0 Å². The minimum atomic E-state index is -0.971. The number of carbonyl (C=O) groups is 4. The Hall–Kier alpha value is -4.96. The molecule has 10 heteroatoms. The SMILES string of the molecule is O=C(C[C@H]1CC=CCC[C@H](NC(=O)OCC2c3ccccc3-c3ccccc32)C(=O)OC[C@H](Cc2ccccc2)NC1=O)NC1(CO)CCCC1. The summed E-state index contributed by atoms with van der Waals surface area (Å²) in [4.78, 5) is 53.5. The fourth-order valence-corrected chi connectivity index (χ4v) is 7.55. The first-order valence-corrected chi connectivity index (χ1v) is 18.0. The highest BCUT2D eigenvalue weighted by Crippen LogP contribution is 2.44. The van der Waals surface area contributed by atoms with Crippen molar-refractivity contribution in [1.82, 2.24) is 16.0 Å². The molecule has 10 nitrogen and oxygen atoms in total. The van der Waals surface area contributed by atoms with Crippen LogP contribution in [0.3, 0.4) is 0 Å². The number of esters is 1. The number of alkyl carbamates (subject to hydrolysis) is 1. The van der Waals surface area contributed by atoms with Gasteiger partial charge in [0.15, 0.2) is 0 Å². The molecular weight excluding hydrogens is 646 g/mol. The third-order valence-electron chi connectivity index (χ3n) is 10.3. The van der Waals surface area contributed by atoms with Crippen LogP contribution < -0.4 is 16.0 Å². The Kier molecular flexibility index (Phi) is 11.8. The Morgan fingerprint density at radius 1 is 0.902 bits per heavy atom. The predicted octanol–water partition coefficient (Wildman–Crippen LogP) is 5.33. The summed E-state index contributed by atoms with van der Waals surface area (Å²) in [5.41, 5.74) is 4.73. The van der Waals surface area contributed by atoms with Crippen LogP contribution in [0.4, 0.5) is 4.79 Å². The summed E-state index contributed by atoms with van der Waals surface area (Å²) in [5.74, 6) is -2.00. The molecule has 6 rings (SSSR count). The van der Waals surface area contributed by atoms with Crippen LogP contribution in [0.2, 0.25) is 0 Å². The van der Waals surface area contributed by atoms with Crippen LogP contribution in [0.1, 0.15) is 74.0 Å². The number of aliphatic hydroxyl groups is 1. The third kappa shape index (κ3) is 9.05. The second-order valence-electron chi connectivity index (χ2n) is 13.9. The quantitative estimate of drug-likeness (QED) is 0.175. The topological polar surface area (TPSA) is 143 Å². The molecule has 0 unspecified atom stereocenters. The van der Waals surface area contributed by atoms with Gasteiger partial charge in [0.25, 0.3) is 0 Å². The van der Waals surface area contributed by atoms with E-state index in [9.17, 15) is 24.3 Å². The summed E-state index contributed by atoms with van der Waals surface area (Å²) in [6.45, 7) is -0.144. The smallest absolute Gasteiger partial charge is 0.407 e. The second-order valence-corrected chi connectivity index (χ2v) is 13.9. The molecule has 3 aliphatic rings. The number of rotatable bonds is 9. The van der Waals surface area contributed by atoms with Crippen molar-refractivity contribution in [2.75, 3.05) is 19.8 Å². The lowest BCUT2D eigenvalue weighted by molar-refractivity contribution is -0.147. The molecule has 1 aliphatic heterocycles. The Morgan fingerprint density at radius 2 is 1.57 bits per heavy atom. The number of cyclic esters (lactones) is 1. The van der Waals surface area contributed by atoms with E-state index in [1.165, 1.54) is 0 Å². The predicted molar refractivity (Wildman–Crippen MR) is 193 cm³/mol. The Labute approximate surface area is 299 Å². The van der Waals surface area contributed by atoms with Crippen LogP contribution >= 0.6 is 0 Å². The summed E-state index contributed by atoms with van der Waals surface area (Å²) >= 11 is 0. The second kappa shape index (κ2) is 16.8. The zero-order chi connectivity index (χ0) is 35.6. The average Bonchev–Trinajstić information content (AvgIpc) is 3.74. The summed E-state index contributed by atoms with van der Waals surface area (Å²) in [5, 5.41) is 18.8. The van der Waals surface area contributed by atoms with Gasteiger partial charge in [-0.3, -0.25) is 9.59 Å². The Bertz CT molecular complexity index is 1670. The molecule has 3 aromatic rings. The van der Waals surface area contributed by atoms with Crippen molar-refractivity contribution >= 4 is 23.9 Å². The third-order valence-corrected chi connectivity index (χ3v) is 10.3. The van der Waals surface area contributed by atoms with Gasteiger partial charge in [0.1, 0.15) is 19.3 Å². The van der Waals surface area contributed by atoms with E-state index in [0.717, 1.165) is 40.7 Å². The van der Waals surface area contributed by atoms with Gasteiger partial charge in [-0.15, -0.1) is 0 Å². The van der Waals surface area contributed by atoms with Crippen molar-refractivity contribution in [2.24, 2.45) is 5.92 Å². The van der Waals surface area contributed by atoms with Crippen molar-refractivity contribution in [2.45, 2.75) is 81.3 Å². The number of benzene rings is 3. The van der Waals surface area contributed by atoms with Crippen molar-refractivity contribution in [1.29, 1.82) is 0 Å². The number of hydrogen-bond acceptors (Lipinski definition) is 7. The van der Waals surface area contributed by atoms with Gasteiger partial charge in [0, 0.05) is 12.3 Å². The van der Waals surface area contributed by atoms with Crippen molar-refractivity contribution in [3.05, 3.63) is 108 Å². The summed E-state index contributed by atoms with van der Waals surface area (Å²) in [6, 6.07) is 24.2. The van der Waals surface area contributed by atoms with Gasteiger partial charge in [0.05, 0.1) is 24.1 Å². The number of amides is 3. The van der Waals surface area contributed by atoms with E-state index in [1.807, 2.05) is 78.9 Å². The van der Waals surface area contributed by atoms with Crippen molar-refractivity contribution in [3.8, 4) is 11.1 Å². The van der Waals surface area contributed by atoms with Gasteiger partial charge in [-0.05, 0) is 66.3 Å². The maximum absolute atomic E-state index is 13.7. The lowest BCUT2D eigenvalue weighted by Gasteiger charge is -2.29. The van der Waals surface area contributed by atoms with Crippen LogP contribution in [0.15, 0.2) is 91.0 Å². The largest absolute Gasteiger partial charge is 0.462 e. The van der Waals surface area contributed by atoms with Gasteiger partial charge in [-0.25, -0.2) is 9.59 Å². The molecule has 0 aromatic heterocycles. The van der Waals surface area contributed by atoms with E-state index < -0.39 is 35.6 Å². The number of carbonyl (C=O) groups excluding carboxylic acids is 4. The highest BCUT2D eigenvalue weighted by atomic mass is 16.6. The van der Waals surface area contributed by atoms with E-state index in [2.05, 4.69) is 28.1 Å². The van der Waals surface area contributed by atoms with Gasteiger partial charge in [0.2, 0.25) is 11.8 Å². The molecule has 0 bridgehead atoms. The molecule has 268 valence electrons. The molecule has 51 heavy (non-hydrogen) atoms. The highest BCUT2D eigenvalue weighted by molar-refractivity contribution is 5.87. The summed E-state index contributed by atoms with van der Waals surface area (Å²) in [6.07, 6.45) is 7.61. The van der Waals surface area contributed by atoms with Gasteiger partial charge >= 0.3 is 12.1 Å². The average molecular weight is 694 g/mol. The van der Waals surface area contributed by atoms with Crippen LogP contribution in [-0.2, 0) is 30.3 Å². The highest BCUT2D eigenvalue weighted by Gasteiger charge is 2.36. The monoisotopic (exact) mass is 693 g/mol. The lowest BCUT2D eigenvalue weighted by Crippen LogP contribution is -2.50. The fraction of sp³-hybridized carbons (Fsp3) is 0.415. The first kappa shape index (κ1) is 35.9. The number of aliphatic hydroxyl groups excluding tert-OH is 1. The van der Waals surface area contributed by atoms with Gasteiger partial charge in [-0.1, -0.05) is 104 Å². The van der Waals surface area contributed by atoms with Crippen LogP contribution in [0, 0.1) is 5.92 Å². The molecule has 3 atom stereocenters. The minimum absolute atomic E-state index is 0.0399. The Balaban J connectivity index is 1.12. The van der Waals surface area contributed by atoms with Gasteiger partial charge < -0.3 is 30.5 Å². The van der Waals surface area contributed by atoms with Crippen molar-refractivity contribution < 1.29 is 33.8 Å². The van der Waals surface area contributed by atoms with E-state index in [0.29, 0.717) is 32.1 Å². The first-order valence-electron chi connectivity index (χ1n) is 18.0. The lowest BCUT2D eigenvalue weighted by atomic mass is 9.95. The number of hydrogen-bond donors (Lipinski definition) is 4. The van der Waals surface area contributed by atoms with E-state index in [1.54, 1.807) is 0 Å². The number of nitrogens with one attached hydrogen (secondary N) is 3. The van der Waals surface area contributed by atoms with Gasteiger partial charge in [-0.2, -0.15) is 0 Å². The van der Waals surface area contributed by atoms with Crippen LogP contribution in [-0.4, -0.2) is 66.4 Å². The molecule has 2 aliphatic carbocycles. The molecule has 1 heterocycles. The fourth-order valence-electron chi connectivity index (χ4n) is 7.55. The maximum atomic E-state index is 13.7. The van der Waals surface area contributed by atoms with E-state index in [-0.39, 0.29) is 50.4 Å². The van der Waals surface area contributed by atoms with Crippen LogP contribution in [0.5, 0.6) is 0 Å². The molecule has 1 saturated carbocycles. The standard InChI is InChI=1S/C41H47N3O7/c45-27-41(21-11-12-22-41)44-37(46)24-29-15-5-2-6-20-36(39(48)50-25-30(42-38(29)47)23-28-13-3-1-4-14-28)43-40(49)51-26-35-33-18-9-7-16-31(33)32-17-8-10-19-34(32)35/h1-5,7-10,13-14,16-19,29-30,35-36,45H,6,11-12,15,20-27H2,(H,42,47)(H,43,49)(H,44,46)/t29-,30+,36+/m1/s1. The molecule has 3 aromatic carbocycles. The number of allylic oxidation sites excluding steroid dienone is 2. The molecular formula is C41H47N3O7. The summed E-state index contributed by atoms with van der Waals surface area (Å²) in [7, 11) is 0. The van der Waals surface area contributed by atoms with Crippen molar-refractivity contribution in [3.63, 3.8) is 0 Å².